The van der Waals surface area contributed by atoms with Crippen LogP contribution >= 0.6 is 0 Å². The number of carbonyl (C=O) groups is 2. The van der Waals surface area contributed by atoms with E-state index in [0.717, 1.165) is 29.1 Å². The molecule has 1 N–H and O–H groups in total. The molecule has 4 aromatic rings. The minimum Gasteiger partial charge on any atom is -0.494 e. The number of nitrogens with one attached hydrogen (secondary N) is 1. The fourth-order valence-electron chi connectivity index (χ4n) is 3.47. The summed E-state index contributed by atoms with van der Waals surface area (Å²) in [7, 11) is 1.53. The predicted octanol–water partition coefficient (Wildman–Crippen LogP) is 4.44. The molecule has 174 valence electrons. The maximum Gasteiger partial charge on any atom is 0.343 e. The fraction of sp³-hybridized carbons (Fsp3) is 0.167. The van der Waals surface area contributed by atoms with Crippen molar-refractivity contribution in [2.45, 2.75) is 13.8 Å². The first-order valence-electron chi connectivity index (χ1n) is 10.3. The molecule has 2 heterocycles. The van der Waals surface area contributed by atoms with E-state index in [1.807, 2.05) is 19.1 Å². The van der Waals surface area contributed by atoms with Gasteiger partial charge in [-0.05, 0) is 49.7 Å². The average Bonchev–Trinajstić information content (AvgIpc) is 3.24. The molecule has 0 fully saturated rings. The summed E-state index contributed by atoms with van der Waals surface area (Å²) >= 11 is 0. The Morgan fingerprint density at radius 2 is 1.91 bits per heavy atom. The number of aryl methyl sites for hydroxylation is 1. The summed E-state index contributed by atoms with van der Waals surface area (Å²) in [6.45, 7) is 3.62. The number of halogens is 2. The lowest BCUT2D eigenvalue weighted by molar-refractivity contribution is 0.0527. The third kappa shape index (κ3) is 4.17. The lowest BCUT2D eigenvalue weighted by Gasteiger charge is -2.13. The van der Waals surface area contributed by atoms with E-state index in [4.69, 9.17) is 9.47 Å². The number of hydrogen-bond acceptors (Lipinski definition) is 6. The van der Waals surface area contributed by atoms with E-state index in [0.29, 0.717) is 17.1 Å². The van der Waals surface area contributed by atoms with Crippen molar-refractivity contribution < 1.29 is 27.8 Å². The molecule has 4 rings (SSSR count). The number of para-hydroxylation sites is 1. The Bertz CT molecular complexity index is 1420. The average molecular weight is 466 g/mol. The van der Waals surface area contributed by atoms with Crippen molar-refractivity contribution in [2.24, 2.45) is 0 Å². The van der Waals surface area contributed by atoms with Gasteiger partial charge in [-0.3, -0.25) is 4.79 Å². The predicted molar refractivity (Wildman–Crippen MR) is 120 cm³/mol. The number of methoxy groups -OCH3 is 1. The number of esters is 1. The van der Waals surface area contributed by atoms with Crippen LogP contribution in [-0.4, -0.2) is 40.4 Å². The molecule has 0 unspecified atom stereocenters. The summed E-state index contributed by atoms with van der Waals surface area (Å²) in [5.74, 6) is -2.96. The monoisotopic (exact) mass is 466 g/mol. The zero-order valence-corrected chi connectivity index (χ0v) is 18.6. The lowest BCUT2D eigenvalue weighted by atomic mass is 10.1. The van der Waals surface area contributed by atoms with Crippen LogP contribution in [0.5, 0.6) is 5.75 Å². The van der Waals surface area contributed by atoms with Crippen molar-refractivity contribution in [1.29, 1.82) is 0 Å². The zero-order valence-electron chi connectivity index (χ0n) is 18.6. The Morgan fingerprint density at radius 3 is 2.62 bits per heavy atom. The number of rotatable bonds is 6. The van der Waals surface area contributed by atoms with E-state index in [1.165, 1.54) is 18.0 Å². The number of amides is 1. The third-order valence-corrected chi connectivity index (χ3v) is 5.11. The van der Waals surface area contributed by atoms with Crippen LogP contribution < -0.4 is 10.1 Å². The highest BCUT2D eigenvalue weighted by atomic mass is 19.2. The third-order valence-electron chi connectivity index (χ3n) is 5.11. The first kappa shape index (κ1) is 22.8. The Morgan fingerprint density at radius 1 is 1.12 bits per heavy atom. The molecular weight excluding hydrogens is 446 g/mol. The number of pyridine rings is 1. The van der Waals surface area contributed by atoms with E-state index in [9.17, 15) is 18.4 Å². The minimum absolute atomic E-state index is 0.0302. The number of aromatic nitrogens is 3. The van der Waals surface area contributed by atoms with E-state index >= 15 is 0 Å². The van der Waals surface area contributed by atoms with Crippen molar-refractivity contribution in [3.8, 4) is 11.6 Å². The number of anilines is 1. The highest BCUT2D eigenvalue weighted by Crippen LogP contribution is 2.29. The van der Waals surface area contributed by atoms with Gasteiger partial charge in [-0.25, -0.2) is 18.6 Å². The van der Waals surface area contributed by atoms with Gasteiger partial charge >= 0.3 is 5.97 Å². The maximum atomic E-state index is 13.7. The number of hydrogen-bond donors (Lipinski definition) is 1. The van der Waals surface area contributed by atoms with Gasteiger partial charge in [0.1, 0.15) is 16.8 Å². The van der Waals surface area contributed by atoms with Crippen LogP contribution in [0.3, 0.4) is 0 Å². The van der Waals surface area contributed by atoms with Crippen molar-refractivity contribution in [1.82, 2.24) is 14.8 Å². The smallest absolute Gasteiger partial charge is 0.343 e. The molecule has 0 radical (unpaired) electrons. The van der Waals surface area contributed by atoms with Crippen LogP contribution in [0.1, 0.15) is 33.2 Å². The molecule has 0 saturated heterocycles. The van der Waals surface area contributed by atoms with Crippen molar-refractivity contribution in [3.05, 3.63) is 77.0 Å². The Balaban J connectivity index is 1.84. The molecule has 0 atom stereocenters. The molecule has 0 aliphatic heterocycles. The van der Waals surface area contributed by atoms with E-state index < -0.39 is 23.5 Å². The van der Waals surface area contributed by atoms with E-state index in [-0.39, 0.29) is 23.6 Å². The van der Waals surface area contributed by atoms with Gasteiger partial charge in [0.2, 0.25) is 0 Å². The molecule has 10 heteroatoms. The van der Waals surface area contributed by atoms with Gasteiger partial charge in [0.25, 0.3) is 5.91 Å². The van der Waals surface area contributed by atoms with Crippen LogP contribution in [0.15, 0.2) is 48.7 Å². The van der Waals surface area contributed by atoms with Crippen LogP contribution in [0.4, 0.5) is 14.6 Å². The van der Waals surface area contributed by atoms with Crippen LogP contribution in [0.2, 0.25) is 0 Å². The molecule has 8 nitrogen and oxygen atoms in total. The Kier molecular flexibility index (Phi) is 6.22. The standard InChI is InChI=1S/C24H20F2N4O4/c1-4-34-24(32)16-12-27-30(22(16)29-23(31)14-8-9-17(25)18(26)11-14)20-10-13(2)15-6-5-7-19(33-3)21(15)28-20/h5-12H,4H2,1-3H3,(H,29,31). The van der Waals surface area contributed by atoms with E-state index in [1.54, 1.807) is 19.1 Å². The summed E-state index contributed by atoms with van der Waals surface area (Å²) in [4.78, 5) is 30.0. The van der Waals surface area contributed by atoms with Crippen molar-refractivity contribution in [2.75, 3.05) is 19.0 Å². The van der Waals surface area contributed by atoms with Crippen LogP contribution in [0, 0.1) is 18.6 Å². The molecule has 0 spiro atoms. The van der Waals surface area contributed by atoms with Gasteiger partial charge in [-0.15, -0.1) is 0 Å². The summed E-state index contributed by atoms with van der Waals surface area (Å²) in [5.41, 5.74) is 1.24. The molecule has 0 aliphatic carbocycles. The number of carbonyl (C=O) groups excluding carboxylic acids is 2. The highest BCUT2D eigenvalue weighted by molar-refractivity contribution is 6.07. The summed E-state index contributed by atoms with van der Waals surface area (Å²) in [6.07, 6.45) is 1.24. The molecule has 0 saturated carbocycles. The van der Waals surface area contributed by atoms with Gasteiger partial charge in [-0.2, -0.15) is 9.78 Å². The second-order valence-corrected chi connectivity index (χ2v) is 7.28. The molecule has 34 heavy (non-hydrogen) atoms. The minimum atomic E-state index is -1.18. The summed E-state index contributed by atoms with van der Waals surface area (Å²) in [6, 6.07) is 9.96. The van der Waals surface area contributed by atoms with Crippen molar-refractivity contribution in [3.63, 3.8) is 0 Å². The summed E-state index contributed by atoms with van der Waals surface area (Å²) < 4.78 is 38.7. The molecule has 1 amide bonds. The Hall–Kier alpha value is -4.34. The maximum absolute atomic E-state index is 13.7. The van der Waals surface area contributed by atoms with Crippen LogP contribution in [0.25, 0.3) is 16.7 Å². The quantitative estimate of drug-likeness (QED) is 0.422. The molecule has 2 aromatic carbocycles. The van der Waals surface area contributed by atoms with Crippen molar-refractivity contribution >= 4 is 28.6 Å². The van der Waals surface area contributed by atoms with Gasteiger partial charge < -0.3 is 14.8 Å². The van der Waals surface area contributed by atoms with Crippen LogP contribution in [-0.2, 0) is 4.74 Å². The molecule has 0 aliphatic rings. The van der Waals surface area contributed by atoms with Gasteiger partial charge in [-0.1, -0.05) is 12.1 Å². The van der Waals surface area contributed by atoms with E-state index in [2.05, 4.69) is 15.4 Å². The van der Waals surface area contributed by atoms with Gasteiger partial charge in [0.05, 0.1) is 19.9 Å². The van der Waals surface area contributed by atoms with Gasteiger partial charge in [0.15, 0.2) is 23.3 Å². The SMILES string of the molecule is CCOC(=O)c1cnn(-c2cc(C)c3cccc(OC)c3n2)c1NC(=O)c1ccc(F)c(F)c1. The first-order valence-corrected chi connectivity index (χ1v) is 10.3. The number of nitrogens with zero attached hydrogens (tertiary/aromatic N) is 3. The molecule has 2 aromatic heterocycles. The topological polar surface area (TPSA) is 95.3 Å². The second-order valence-electron chi connectivity index (χ2n) is 7.28. The highest BCUT2D eigenvalue weighted by Gasteiger charge is 2.24. The zero-order chi connectivity index (χ0) is 24.4. The largest absolute Gasteiger partial charge is 0.494 e. The number of fused-ring (bicyclic) bond motifs is 1. The number of benzene rings is 2. The lowest BCUT2D eigenvalue weighted by Crippen LogP contribution is -2.19. The molecular formula is C24H20F2N4O4. The van der Waals surface area contributed by atoms with Gasteiger partial charge in [0, 0.05) is 10.9 Å². The normalized spacial score (nSPS) is 10.9. The first-order chi connectivity index (χ1) is 16.3. The Labute approximate surface area is 193 Å². The summed E-state index contributed by atoms with van der Waals surface area (Å²) in [5, 5.41) is 7.65. The molecule has 0 bridgehead atoms. The second kappa shape index (κ2) is 9.26. The fourth-order valence-corrected chi connectivity index (χ4v) is 3.47. The number of ether oxygens (including phenoxy) is 2.